The summed E-state index contributed by atoms with van der Waals surface area (Å²) in [6.45, 7) is 2.54. The first kappa shape index (κ1) is 26.6. The maximum Gasteiger partial charge on any atom is 0.331 e. The van der Waals surface area contributed by atoms with E-state index in [1.54, 1.807) is 0 Å². The molecule has 1 saturated carbocycles. The van der Waals surface area contributed by atoms with Gasteiger partial charge in [0.05, 0.1) is 19.3 Å². The zero-order valence-corrected chi connectivity index (χ0v) is 18.6. The Morgan fingerprint density at radius 1 is 1.20 bits per heavy atom. The predicted octanol–water partition coefficient (Wildman–Crippen LogP) is 2.99. The zero-order chi connectivity index (χ0) is 22.4. The van der Waals surface area contributed by atoms with Crippen molar-refractivity contribution in [1.29, 1.82) is 0 Å². The molecule has 0 amide bonds. The number of carbonyl (C=O) groups is 1. The van der Waals surface area contributed by atoms with Crippen LogP contribution in [-0.2, 0) is 14.3 Å². The second-order valence-corrected chi connectivity index (χ2v) is 8.35. The van der Waals surface area contributed by atoms with Crippen molar-refractivity contribution in [1.82, 2.24) is 0 Å². The first-order chi connectivity index (χ1) is 14.4. The molecule has 0 aliphatic heterocycles. The summed E-state index contributed by atoms with van der Waals surface area (Å²) in [6, 6.07) is 0. The van der Waals surface area contributed by atoms with Gasteiger partial charge in [-0.1, -0.05) is 50.7 Å². The molecule has 1 fully saturated rings. The number of aliphatic hydroxyl groups is 3. The molecule has 1 unspecified atom stereocenters. The van der Waals surface area contributed by atoms with Gasteiger partial charge in [0.25, 0.3) is 0 Å². The zero-order valence-electron chi connectivity index (χ0n) is 18.6. The molecule has 5 atom stereocenters. The van der Waals surface area contributed by atoms with E-state index in [2.05, 4.69) is 17.6 Å². The molecule has 0 radical (unpaired) electrons. The number of ether oxygens (including phenoxy) is 2. The minimum absolute atomic E-state index is 0.0414. The summed E-state index contributed by atoms with van der Waals surface area (Å²) >= 11 is 0. The van der Waals surface area contributed by atoms with Gasteiger partial charge in [0, 0.05) is 25.4 Å². The number of carbonyl (C=O) groups excluding carboxylic acids is 1. The molecule has 0 spiro atoms. The van der Waals surface area contributed by atoms with Gasteiger partial charge in [0.1, 0.15) is 12.2 Å². The van der Waals surface area contributed by atoms with Gasteiger partial charge in [-0.3, -0.25) is 0 Å². The van der Waals surface area contributed by atoms with Crippen molar-refractivity contribution in [2.45, 2.75) is 88.9 Å². The van der Waals surface area contributed by atoms with Crippen LogP contribution in [0.5, 0.6) is 0 Å². The average Bonchev–Trinajstić information content (AvgIpc) is 3.00. The number of aliphatic hydroxyl groups excluding tert-OH is 2. The topological polar surface area (TPSA) is 96.2 Å². The van der Waals surface area contributed by atoms with E-state index in [1.807, 2.05) is 12.2 Å². The molecule has 3 N–H and O–H groups in total. The molecule has 0 aromatic rings. The minimum Gasteiger partial charge on any atom is -0.467 e. The third-order valence-electron chi connectivity index (χ3n) is 5.97. The summed E-state index contributed by atoms with van der Waals surface area (Å²) in [7, 11) is 1.32. The van der Waals surface area contributed by atoms with E-state index >= 15 is 0 Å². The molecule has 0 aromatic heterocycles. The van der Waals surface area contributed by atoms with E-state index in [0.717, 1.165) is 44.9 Å². The molecule has 1 aliphatic rings. The van der Waals surface area contributed by atoms with Crippen molar-refractivity contribution < 1.29 is 29.6 Å². The normalized spacial score (nSPS) is 25.9. The SMILES string of the molecule is C#CC(O)(CC=C[C@@H]1[C@@H](CCCCOCC(=O)OC)[C@@H](O)C[C@H]1O)CCCCCC. The smallest absolute Gasteiger partial charge is 0.331 e. The van der Waals surface area contributed by atoms with E-state index in [-0.39, 0.29) is 18.4 Å². The number of unbranched alkanes of at least 4 members (excludes halogenated alkanes) is 4. The van der Waals surface area contributed by atoms with E-state index in [4.69, 9.17) is 11.2 Å². The van der Waals surface area contributed by atoms with Crippen LogP contribution in [0.4, 0.5) is 0 Å². The largest absolute Gasteiger partial charge is 0.467 e. The van der Waals surface area contributed by atoms with Gasteiger partial charge in [-0.15, -0.1) is 6.42 Å². The number of esters is 1. The molecule has 1 rings (SSSR count). The van der Waals surface area contributed by atoms with Crippen molar-refractivity contribution in [2.24, 2.45) is 11.8 Å². The molecule has 0 saturated heterocycles. The van der Waals surface area contributed by atoms with E-state index in [0.29, 0.717) is 25.9 Å². The van der Waals surface area contributed by atoms with Crippen LogP contribution >= 0.6 is 0 Å². The fraction of sp³-hybridized carbons (Fsp3) is 0.792. The molecular formula is C24H40O6. The molecule has 6 nitrogen and oxygen atoms in total. The van der Waals surface area contributed by atoms with Gasteiger partial charge in [-0.05, 0) is 31.6 Å². The standard InChI is InChI=1S/C24H40O6/c1-4-6-7-9-14-24(28,5-2)15-11-13-20-19(21(25)17-22(20)26)12-8-10-16-30-18-23(27)29-3/h2,11,13,19-22,25-26,28H,4,6-10,12,14-18H2,1,3H3/t19-,20-,21+,22-,24?/m1/s1. The van der Waals surface area contributed by atoms with Crippen LogP contribution in [0.3, 0.4) is 0 Å². The first-order valence-electron chi connectivity index (χ1n) is 11.2. The van der Waals surface area contributed by atoms with Crippen LogP contribution in [0.1, 0.15) is 71.1 Å². The molecule has 30 heavy (non-hydrogen) atoms. The molecule has 6 heteroatoms. The third kappa shape index (κ3) is 9.61. The quantitative estimate of drug-likeness (QED) is 0.162. The summed E-state index contributed by atoms with van der Waals surface area (Å²) in [4.78, 5) is 11.0. The molecule has 1 aliphatic carbocycles. The van der Waals surface area contributed by atoms with Crippen LogP contribution in [-0.4, -0.2) is 59.4 Å². The summed E-state index contributed by atoms with van der Waals surface area (Å²) in [5.74, 6) is 1.93. The number of hydrogen-bond donors (Lipinski definition) is 3. The van der Waals surface area contributed by atoms with E-state index in [1.165, 1.54) is 7.11 Å². The molecule has 0 bridgehead atoms. The maximum atomic E-state index is 11.0. The van der Waals surface area contributed by atoms with Crippen LogP contribution < -0.4 is 0 Å². The van der Waals surface area contributed by atoms with Crippen LogP contribution in [0, 0.1) is 24.2 Å². The van der Waals surface area contributed by atoms with Gasteiger partial charge >= 0.3 is 5.97 Å². The maximum absolute atomic E-state index is 11.0. The van der Waals surface area contributed by atoms with E-state index in [9.17, 15) is 20.1 Å². The van der Waals surface area contributed by atoms with Crippen LogP contribution in [0.25, 0.3) is 0 Å². The minimum atomic E-state index is -1.15. The molecule has 0 heterocycles. The Kier molecular flexibility index (Phi) is 13.0. The molecule has 172 valence electrons. The van der Waals surface area contributed by atoms with Gasteiger partial charge in [-0.25, -0.2) is 4.79 Å². The Hall–Kier alpha value is -1.39. The summed E-state index contributed by atoms with van der Waals surface area (Å²) in [5.41, 5.74) is -1.15. The van der Waals surface area contributed by atoms with Crippen molar-refractivity contribution in [3.05, 3.63) is 12.2 Å². The Bertz CT molecular complexity index is 554. The fourth-order valence-corrected chi connectivity index (χ4v) is 4.07. The molecule has 0 aromatic carbocycles. The van der Waals surface area contributed by atoms with Gasteiger partial charge in [-0.2, -0.15) is 0 Å². The van der Waals surface area contributed by atoms with Crippen molar-refractivity contribution in [3.8, 4) is 12.3 Å². The van der Waals surface area contributed by atoms with Crippen molar-refractivity contribution in [3.63, 3.8) is 0 Å². The second kappa shape index (κ2) is 14.6. The molecular weight excluding hydrogens is 384 g/mol. The number of methoxy groups -OCH3 is 1. The lowest BCUT2D eigenvalue weighted by Gasteiger charge is -2.23. The highest BCUT2D eigenvalue weighted by molar-refractivity contribution is 5.70. The van der Waals surface area contributed by atoms with Gasteiger partial charge in [0.2, 0.25) is 0 Å². The lowest BCUT2D eigenvalue weighted by Crippen LogP contribution is -2.26. The lowest BCUT2D eigenvalue weighted by molar-refractivity contribution is -0.145. The summed E-state index contributed by atoms with van der Waals surface area (Å²) < 4.78 is 9.76. The predicted molar refractivity (Wildman–Crippen MR) is 117 cm³/mol. The summed E-state index contributed by atoms with van der Waals surface area (Å²) in [6.07, 6.45) is 16.0. The van der Waals surface area contributed by atoms with Crippen molar-refractivity contribution in [2.75, 3.05) is 20.3 Å². The first-order valence-corrected chi connectivity index (χ1v) is 11.2. The summed E-state index contributed by atoms with van der Waals surface area (Å²) in [5, 5.41) is 31.3. The number of rotatable bonds is 15. The number of hydrogen-bond acceptors (Lipinski definition) is 6. The lowest BCUT2D eigenvalue weighted by atomic mass is 9.87. The Morgan fingerprint density at radius 3 is 2.63 bits per heavy atom. The highest BCUT2D eigenvalue weighted by Gasteiger charge is 2.39. The van der Waals surface area contributed by atoms with Gasteiger partial charge in [0.15, 0.2) is 0 Å². The Balaban J connectivity index is 2.46. The monoisotopic (exact) mass is 424 g/mol. The number of terminal acetylenes is 1. The highest BCUT2D eigenvalue weighted by atomic mass is 16.6. The van der Waals surface area contributed by atoms with Crippen LogP contribution in [0.15, 0.2) is 12.2 Å². The second-order valence-electron chi connectivity index (χ2n) is 8.35. The van der Waals surface area contributed by atoms with Gasteiger partial charge < -0.3 is 24.8 Å². The van der Waals surface area contributed by atoms with Crippen LogP contribution in [0.2, 0.25) is 0 Å². The Labute approximate surface area is 181 Å². The van der Waals surface area contributed by atoms with E-state index < -0.39 is 23.8 Å². The average molecular weight is 425 g/mol. The van der Waals surface area contributed by atoms with Crippen molar-refractivity contribution >= 4 is 5.97 Å². The third-order valence-corrected chi connectivity index (χ3v) is 5.97. The Morgan fingerprint density at radius 2 is 1.97 bits per heavy atom. The fourth-order valence-electron chi connectivity index (χ4n) is 4.07. The highest BCUT2D eigenvalue weighted by Crippen LogP contribution is 2.37.